The molecular formula is C42H74NO10P. The molecule has 0 aliphatic heterocycles. The molecule has 312 valence electrons. The van der Waals surface area contributed by atoms with E-state index in [1.165, 1.54) is 12.8 Å². The molecule has 0 aromatic carbocycles. The fourth-order valence-electron chi connectivity index (χ4n) is 4.91. The van der Waals surface area contributed by atoms with E-state index in [4.69, 9.17) is 18.5 Å². The van der Waals surface area contributed by atoms with Gasteiger partial charge in [-0.25, -0.2) is 0 Å². The van der Waals surface area contributed by atoms with Gasteiger partial charge in [0.25, 0.3) is 7.82 Å². The number of phosphoric acid groups is 1. The summed E-state index contributed by atoms with van der Waals surface area (Å²) in [6, 6.07) is 0. The first-order chi connectivity index (χ1) is 25.8. The molecule has 12 heteroatoms. The van der Waals surface area contributed by atoms with Crippen LogP contribution in [0.2, 0.25) is 0 Å². The number of aliphatic hydroxyl groups excluding tert-OH is 2. The lowest BCUT2D eigenvalue weighted by atomic mass is 10.1. The molecule has 11 nitrogen and oxygen atoms in total. The van der Waals surface area contributed by atoms with Gasteiger partial charge in [0.1, 0.15) is 19.8 Å². The molecule has 0 radical (unpaired) electrons. The van der Waals surface area contributed by atoms with Crippen LogP contribution < -0.4 is 4.89 Å². The number of carbonyl (C=O) groups is 2. The second kappa shape index (κ2) is 33.9. The van der Waals surface area contributed by atoms with Crippen molar-refractivity contribution in [2.75, 3.05) is 47.5 Å². The minimum Gasteiger partial charge on any atom is -0.756 e. The monoisotopic (exact) mass is 784 g/mol. The summed E-state index contributed by atoms with van der Waals surface area (Å²) in [5, 5.41) is 20.1. The van der Waals surface area contributed by atoms with Crippen molar-refractivity contribution < 1.29 is 52.3 Å². The number of hydrogen-bond donors (Lipinski definition) is 2. The Morgan fingerprint density at radius 3 is 1.89 bits per heavy atom. The number of hydrogen-bond acceptors (Lipinski definition) is 10. The second-order valence-electron chi connectivity index (χ2n) is 14.7. The highest BCUT2D eigenvalue weighted by atomic mass is 31.2. The molecule has 0 saturated heterocycles. The third-order valence-electron chi connectivity index (χ3n) is 8.22. The van der Waals surface area contributed by atoms with Crippen LogP contribution >= 0.6 is 7.82 Å². The van der Waals surface area contributed by atoms with E-state index in [-0.39, 0.29) is 26.1 Å². The van der Waals surface area contributed by atoms with E-state index in [0.717, 1.165) is 64.2 Å². The average Bonchev–Trinajstić information content (AvgIpc) is 3.10. The molecule has 0 rings (SSSR count). The van der Waals surface area contributed by atoms with Crippen molar-refractivity contribution in [2.45, 2.75) is 148 Å². The Kier molecular flexibility index (Phi) is 32.4. The lowest BCUT2D eigenvalue weighted by Gasteiger charge is -2.28. The summed E-state index contributed by atoms with van der Waals surface area (Å²) in [7, 11) is 1.02. The SMILES string of the molecule is CCCC/C=C\CCCCCCCC(=O)O[C@H](COC(=O)CCC[C@@H](O)/C=C/C=C\C/C=C\C=C\[C@@H](O)CCCCC)COP(=O)([O-])OCC[N+](C)(C)C. The van der Waals surface area contributed by atoms with Crippen LogP contribution in [0, 0.1) is 0 Å². The Labute approximate surface area is 327 Å². The minimum atomic E-state index is -4.68. The lowest BCUT2D eigenvalue weighted by Crippen LogP contribution is -2.37. The number of allylic oxidation sites excluding steroid dienone is 8. The van der Waals surface area contributed by atoms with E-state index in [2.05, 4.69) is 26.0 Å². The maximum absolute atomic E-state index is 12.6. The number of quaternary nitrogens is 1. The topological polar surface area (TPSA) is 152 Å². The van der Waals surface area contributed by atoms with Crippen LogP contribution in [0.4, 0.5) is 0 Å². The summed E-state index contributed by atoms with van der Waals surface area (Å²) in [6.45, 7) is 3.78. The smallest absolute Gasteiger partial charge is 0.306 e. The zero-order chi connectivity index (χ0) is 40.3. The zero-order valence-corrected chi connectivity index (χ0v) is 35.0. The van der Waals surface area contributed by atoms with Crippen molar-refractivity contribution in [3.63, 3.8) is 0 Å². The van der Waals surface area contributed by atoms with Gasteiger partial charge >= 0.3 is 11.9 Å². The van der Waals surface area contributed by atoms with Gasteiger partial charge in [0.05, 0.1) is 40.0 Å². The highest BCUT2D eigenvalue weighted by Gasteiger charge is 2.21. The van der Waals surface area contributed by atoms with Gasteiger partial charge in [-0.1, -0.05) is 126 Å². The van der Waals surface area contributed by atoms with E-state index >= 15 is 0 Å². The summed E-state index contributed by atoms with van der Waals surface area (Å²) in [6.07, 6.45) is 31.9. The largest absolute Gasteiger partial charge is 0.756 e. The van der Waals surface area contributed by atoms with E-state index in [1.807, 2.05) is 51.5 Å². The van der Waals surface area contributed by atoms with Crippen LogP contribution in [0.15, 0.2) is 60.8 Å². The van der Waals surface area contributed by atoms with Crippen molar-refractivity contribution >= 4 is 19.8 Å². The molecule has 0 aromatic rings. The van der Waals surface area contributed by atoms with Crippen LogP contribution in [0.3, 0.4) is 0 Å². The predicted molar refractivity (Wildman–Crippen MR) is 215 cm³/mol. The molecule has 0 aromatic heterocycles. The summed E-state index contributed by atoms with van der Waals surface area (Å²) in [5.41, 5.74) is 0. The Hall–Kier alpha value is -2.37. The van der Waals surface area contributed by atoms with Gasteiger partial charge < -0.3 is 38.1 Å². The predicted octanol–water partition coefficient (Wildman–Crippen LogP) is 8.21. The van der Waals surface area contributed by atoms with Gasteiger partial charge in [-0.05, 0) is 51.4 Å². The first-order valence-electron chi connectivity index (χ1n) is 20.2. The summed E-state index contributed by atoms with van der Waals surface area (Å²) < 4.78 is 33.6. The first-order valence-corrected chi connectivity index (χ1v) is 21.7. The highest BCUT2D eigenvalue weighted by molar-refractivity contribution is 7.45. The van der Waals surface area contributed by atoms with Crippen molar-refractivity contribution in [3.05, 3.63) is 60.8 Å². The van der Waals surface area contributed by atoms with Gasteiger partial charge in [-0.2, -0.15) is 0 Å². The molecule has 0 fully saturated rings. The van der Waals surface area contributed by atoms with Crippen LogP contribution in [-0.2, 0) is 32.7 Å². The number of phosphoric ester groups is 1. The number of nitrogens with zero attached hydrogens (tertiary/aromatic N) is 1. The minimum absolute atomic E-state index is 0.0244. The first kappa shape index (κ1) is 51.6. The quantitative estimate of drug-likeness (QED) is 0.0161. The van der Waals surface area contributed by atoms with Crippen LogP contribution in [0.25, 0.3) is 0 Å². The fraction of sp³-hybridized carbons (Fsp3) is 0.714. The van der Waals surface area contributed by atoms with Crippen LogP contribution in [0.1, 0.15) is 129 Å². The van der Waals surface area contributed by atoms with Gasteiger partial charge in [0, 0.05) is 12.8 Å². The molecular weight excluding hydrogens is 709 g/mol. The Morgan fingerprint density at radius 2 is 1.26 bits per heavy atom. The molecule has 0 aliphatic rings. The number of unbranched alkanes of at least 4 members (excludes halogenated alkanes) is 9. The summed E-state index contributed by atoms with van der Waals surface area (Å²) >= 11 is 0. The third kappa shape index (κ3) is 36.6. The molecule has 0 spiro atoms. The van der Waals surface area contributed by atoms with Gasteiger partial charge in [-0.3, -0.25) is 14.2 Å². The van der Waals surface area contributed by atoms with Crippen LogP contribution in [0.5, 0.6) is 0 Å². The molecule has 0 bridgehead atoms. The normalized spacial score (nSPS) is 15.5. The molecule has 54 heavy (non-hydrogen) atoms. The van der Waals surface area contributed by atoms with E-state index in [1.54, 1.807) is 18.2 Å². The number of rotatable bonds is 35. The van der Waals surface area contributed by atoms with Crippen LogP contribution in [-0.4, -0.2) is 92.5 Å². The maximum Gasteiger partial charge on any atom is 0.306 e. The molecule has 4 atom stereocenters. The van der Waals surface area contributed by atoms with Crippen molar-refractivity contribution in [3.8, 4) is 0 Å². The van der Waals surface area contributed by atoms with E-state index in [0.29, 0.717) is 36.7 Å². The van der Waals surface area contributed by atoms with Crippen molar-refractivity contribution in [2.24, 2.45) is 0 Å². The fourth-order valence-corrected chi connectivity index (χ4v) is 5.63. The lowest BCUT2D eigenvalue weighted by molar-refractivity contribution is -0.870. The van der Waals surface area contributed by atoms with Crippen molar-refractivity contribution in [1.82, 2.24) is 0 Å². The number of esters is 2. The van der Waals surface area contributed by atoms with Crippen molar-refractivity contribution in [1.29, 1.82) is 0 Å². The Bertz CT molecular complexity index is 1140. The second-order valence-corrected chi connectivity index (χ2v) is 16.1. The van der Waals surface area contributed by atoms with Gasteiger partial charge in [0.2, 0.25) is 0 Å². The van der Waals surface area contributed by atoms with E-state index in [9.17, 15) is 29.3 Å². The maximum atomic E-state index is 12.6. The van der Waals surface area contributed by atoms with E-state index < -0.39 is 44.7 Å². The third-order valence-corrected chi connectivity index (χ3v) is 9.18. The highest BCUT2D eigenvalue weighted by Crippen LogP contribution is 2.38. The molecule has 0 saturated carbocycles. The molecule has 2 N–H and O–H groups in total. The van der Waals surface area contributed by atoms with Gasteiger partial charge in [-0.15, -0.1) is 0 Å². The number of ether oxygens (including phenoxy) is 2. The number of aliphatic hydroxyl groups is 2. The molecule has 0 heterocycles. The zero-order valence-electron chi connectivity index (χ0n) is 34.1. The summed E-state index contributed by atoms with van der Waals surface area (Å²) in [5.74, 6) is -1.08. The average molecular weight is 784 g/mol. The standard InChI is InChI=1S/C42H74NO10P/c1-6-8-10-11-12-13-14-15-19-22-26-32-42(47)53-40(37-52-54(48,49)51-35-34-43(3,4)5)36-50-41(46)33-27-31-39(45)30-25-21-18-16-17-20-24-29-38(44)28-23-9-7-2/h11-12,17-18,20-21,24-25,29-30,38-40,44-45H,6-10,13-16,19,22-23,26-28,31-37H2,1-5H3/b12-11-,20-17-,21-18-,29-24+,30-25+/t38-,39-,40+/m0/s1. The molecule has 0 amide bonds. The summed E-state index contributed by atoms with van der Waals surface area (Å²) in [4.78, 5) is 37.4. The number of carbonyl (C=O) groups excluding carboxylic acids is 2. The molecule has 1 unspecified atom stereocenters. The molecule has 0 aliphatic carbocycles. The Morgan fingerprint density at radius 1 is 0.685 bits per heavy atom. The van der Waals surface area contributed by atoms with Gasteiger partial charge in [0.15, 0.2) is 6.10 Å². The number of likely N-dealkylation sites (N-methyl/N-ethyl adjacent to an activating group) is 1. The Balaban J connectivity index is 4.66.